The first-order chi connectivity index (χ1) is 9.69. The van der Waals surface area contributed by atoms with Gasteiger partial charge in [-0.2, -0.15) is 0 Å². The molecular weight excluding hydrogens is 310 g/mol. The fourth-order valence-corrected chi connectivity index (χ4v) is 3.51. The Labute approximate surface area is 132 Å². The summed E-state index contributed by atoms with van der Waals surface area (Å²) in [6.45, 7) is 0. The van der Waals surface area contributed by atoms with Crippen LogP contribution in [0.3, 0.4) is 0 Å². The van der Waals surface area contributed by atoms with Crippen LogP contribution in [0.2, 0.25) is 5.02 Å². The molecule has 2 nitrogen and oxygen atoms in total. The Hall–Kier alpha value is -1.23. The monoisotopic (exact) mass is 321 g/mol. The number of thiocarbonyl (C=S) groups is 1. The number of hydrogen-bond donors (Lipinski definition) is 0. The van der Waals surface area contributed by atoms with Crippen molar-refractivity contribution >= 4 is 51.2 Å². The number of halogens is 1. The number of ether oxygens (including phenoxy) is 1. The van der Waals surface area contributed by atoms with Crippen molar-refractivity contribution in [1.29, 1.82) is 0 Å². The topological polar surface area (TPSA) is 12.5 Å². The molecule has 2 aromatic rings. The molecule has 102 valence electrons. The van der Waals surface area contributed by atoms with Gasteiger partial charge in [-0.15, -0.1) is 0 Å². The standard InChI is InChI=1S/C15H12ClNOS2/c1-18-12-5-3-11(4-6-12)17-9-20-15(19)13-7-2-10(16)8-14(13)17/h2-8H,9H2,1H3. The van der Waals surface area contributed by atoms with E-state index in [0.717, 1.165) is 37.8 Å². The van der Waals surface area contributed by atoms with Gasteiger partial charge in [-0.1, -0.05) is 35.6 Å². The smallest absolute Gasteiger partial charge is 0.119 e. The molecule has 0 spiro atoms. The second-order valence-electron chi connectivity index (χ2n) is 4.35. The minimum atomic E-state index is 0.719. The van der Waals surface area contributed by atoms with Crippen molar-refractivity contribution in [2.45, 2.75) is 0 Å². The maximum Gasteiger partial charge on any atom is 0.119 e. The third-order valence-electron chi connectivity index (χ3n) is 3.18. The van der Waals surface area contributed by atoms with Gasteiger partial charge in [0.15, 0.2) is 0 Å². The van der Waals surface area contributed by atoms with E-state index in [-0.39, 0.29) is 0 Å². The average molecular weight is 322 g/mol. The van der Waals surface area contributed by atoms with E-state index in [4.69, 9.17) is 28.6 Å². The maximum atomic E-state index is 6.13. The predicted octanol–water partition coefficient (Wildman–Crippen LogP) is 4.87. The first kappa shape index (κ1) is 13.7. The van der Waals surface area contributed by atoms with Gasteiger partial charge in [0.1, 0.15) is 5.75 Å². The van der Waals surface area contributed by atoms with Crippen LogP contribution in [0, 0.1) is 0 Å². The van der Waals surface area contributed by atoms with Crippen molar-refractivity contribution in [2.75, 3.05) is 17.9 Å². The zero-order valence-corrected chi connectivity index (χ0v) is 13.2. The summed E-state index contributed by atoms with van der Waals surface area (Å²) < 4.78 is 6.11. The number of fused-ring (bicyclic) bond motifs is 1. The van der Waals surface area contributed by atoms with Gasteiger partial charge < -0.3 is 9.64 Å². The van der Waals surface area contributed by atoms with Crippen LogP contribution < -0.4 is 9.64 Å². The number of benzene rings is 2. The largest absolute Gasteiger partial charge is 0.497 e. The molecule has 0 saturated heterocycles. The van der Waals surface area contributed by atoms with Gasteiger partial charge in [0.25, 0.3) is 0 Å². The maximum absolute atomic E-state index is 6.13. The lowest BCUT2D eigenvalue weighted by molar-refractivity contribution is 0.415. The van der Waals surface area contributed by atoms with Crippen LogP contribution >= 0.6 is 35.6 Å². The highest BCUT2D eigenvalue weighted by molar-refractivity contribution is 8.23. The van der Waals surface area contributed by atoms with Crippen LogP contribution in [-0.4, -0.2) is 17.2 Å². The van der Waals surface area contributed by atoms with Crippen LogP contribution in [0.25, 0.3) is 0 Å². The quantitative estimate of drug-likeness (QED) is 0.731. The molecular formula is C15H12ClNOS2. The number of anilines is 2. The molecule has 0 aliphatic carbocycles. The Kier molecular flexibility index (Phi) is 3.87. The van der Waals surface area contributed by atoms with Gasteiger partial charge in [-0.25, -0.2) is 0 Å². The predicted molar refractivity (Wildman–Crippen MR) is 90.7 cm³/mol. The van der Waals surface area contributed by atoms with Crippen molar-refractivity contribution in [1.82, 2.24) is 0 Å². The second-order valence-corrected chi connectivity index (χ2v) is 6.41. The molecule has 0 fully saturated rings. The first-order valence-corrected chi connectivity index (χ1v) is 7.84. The van der Waals surface area contributed by atoms with E-state index in [0.29, 0.717) is 0 Å². The molecule has 20 heavy (non-hydrogen) atoms. The van der Waals surface area contributed by atoms with Gasteiger partial charge in [-0.3, -0.25) is 0 Å². The molecule has 1 aliphatic rings. The van der Waals surface area contributed by atoms with Crippen LogP contribution in [0.5, 0.6) is 5.75 Å². The third-order valence-corrected chi connectivity index (χ3v) is 4.86. The molecule has 1 heterocycles. The zero-order chi connectivity index (χ0) is 14.1. The summed E-state index contributed by atoms with van der Waals surface area (Å²) in [6, 6.07) is 13.8. The molecule has 0 atom stereocenters. The Morgan fingerprint density at radius 2 is 1.95 bits per heavy atom. The van der Waals surface area contributed by atoms with Crippen LogP contribution in [0.15, 0.2) is 42.5 Å². The first-order valence-electron chi connectivity index (χ1n) is 6.07. The van der Waals surface area contributed by atoms with E-state index in [2.05, 4.69) is 4.90 Å². The molecule has 0 amide bonds. The summed E-state index contributed by atoms with van der Waals surface area (Å²) in [4.78, 5) is 2.21. The van der Waals surface area contributed by atoms with E-state index in [1.807, 2.05) is 42.5 Å². The lowest BCUT2D eigenvalue weighted by Crippen LogP contribution is -2.23. The molecule has 0 unspecified atom stereocenters. The highest BCUT2D eigenvalue weighted by Gasteiger charge is 2.22. The normalized spacial score (nSPS) is 14.1. The van der Waals surface area contributed by atoms with E-state index in [1.54, 1.807) is 18.9 Å². The van der Waals surface area contributed by atoms with Gasteiger partial charge in [0, 0.05) is 16.3 Å². The van der Waals surface area contributed by atoms with Gasteiger partial charge >= 0.3 is 0 Å². The fourth-order valence-electron chi connectivity index (χ4n) is 2.15. The summed E-state index contributed by atoms with van der Waals surface area (Å²) in [6.07, 6.45) is 0. The SMILES string of the molecule is COc1ccc(N2CSC(=S)c3ccc(Cl)cc32)cc1. The lowest BCUT2D eigenvalue weighted by atomic mass is 10.1. The highest BCUT2D eigenvalue weighted by atomic mass is 35.5. The molecule has 5 heteroatoms. The number of hydrogen-bond acceptors (Lipinski definition) is 4. The van der Waals surface area contributed by atoms with Gasteiger partial charge in [0.2, 0.25) is 0 Å². The highest BCUT2D eigenvalue weighted by Crippen LogP contribution is 2.39. The van der Waals surface area contributed by atoms with Crippen LogP contribution in [0.4, 0.5) is 11.4 Å². The molecule has 0 bridgehead atoms. The third kappa shape index (κ3) is 2.51. The number of thioether (sulfide) groups is 1. The summed E-state index contributed by atoms with van der Waals surface area (Å²) in [7, 11) is 1.67. The zero-order valence-electron chi connectivity index (χ0n) is 10.8. The molecule has 0 N–H and O–H groups in total. The number of methoxy groups -OCH3 is 1. The Bertz CT molecular complexity index is 657. The van der Waals surface area contributed by atoms with Crippen molar-refractivity contribution in [3.63, 3.8) is 0 Å². The fraction of sp³-hybridized carbons (Fsp3) is 0.133. The van der Waals surface area contributed by atoms with E-state index in [1.165, 1.54) is 0 Å². The summed E-state index contributed by atoms with van der Waals surface area (Å²) in [5.74, 6) is 1.64. The molecule has 3 rings (SSSR count). The molecule has 2 aromatic carbocycles. The molecule has 0 radical (unpaired) electrons. The van der Waals surface area contributed by atoms with Crippen molar-refractivity contribution in [3.05, 3.63) is 53.1 Å². The second kappa shape index (κ2) is 5.64. The minimum Gasteiger partial charge on any atom is -0.497 e. The summed E-state index contributed by atoms with van der Waals surface area (Å²) in [5.41, 5.74) is 3.23. The van der Waals surface area contributed by atoms with Gasteiger partial charge in [-0.05, 0) is 42.5 Å². The van der Waals surface area contributed by atoms with E-state index < -0.39 is 0 Å². The molecule has 0 saturated carbocycles. The lowest BCUT2D eigenvalue weighted by Gasteiger charge is -2.31. The van der Waals surface area contributed by atoms with E-state index in [9.17, 15) is 0 Å². The van der Waals surface area contributed by atoms with Gasteiger partial charge in [0.05, 0.1) is 22.9 Å². The molecule has 0 aromatic heterocycles. The summed E-state index contributed by atoms with van der Waals surface area (Å²) in [5, 5.41) is 0.719. The Morgan fingerprint density at radius 3 is 2.65 bits per heavy atom. The Morgan fingerprint density at radius 1 is 1.20 bits per heavy atom. The van der Waals surface area contributed by atoms with Crippen LogP contribution in [-0.2, 0) is 0 Å². The van der Waals surface area contributed by atoms with Crippen LogP contribution in [0.1, 0.15) is 5.56 Å². The van der Waals surface area contributed by atoms with Crippen molar-refractivity contribution < 1.29 is 4.74 Å². The summed E-state index contributed by atoms with van der Waals surface area (Å²) >= 11 is 13.2. The van der Waals surface area contributed by atoms with Crippen molar-refractivity contribution in [2.24, 2.45) is 0 Å². The van der Waals surface area contributed by atoms with Crippen molar-refractivity contribution in [3.8, 4) is 5.75 Å². The van der Waals surface area contributed by atoms with E-state index >= 15 is 0 Å². The average Bonchev–Trinajstić information content (AvgIpc) is 2.48. The Balaban J connectivity index is 2.05. The minimum absolute atomic E-state index is 0.719. The number of rotatable bonds is 2. The molecule has 1 aliphatic heterocycles. The number of nitrogens with zero attached hydrogens (tertiary/aromatic N) is 1.